The fourth-order valence-electron chi connectivity index (χ4n) is 4.54. The molecule has 7 nitrogen and oxygen atoms in total. The van der Waals surface area contributed by atoms with Gasteiger partial charge in [0.15, 0.2) is 11.4 Å². The van der Waals surface area contributed by atoms with Gasteiger partial charge in [-0.05, 0) is 37.1 Å². The molecule has 2 aromatic heterocycles. The first-order chi connectivity index (χ1) is 14.7. The van der Waals surface area contributed by atoms with Crippen molar-refractivity contribution in [1.29, 1.82) is 0 Å². The number of anilines is 1. The summed E-state index contributed by atoms with van der Waals surface area (Å²) < 4.78 is 25.0. The molecule has 30 heavy (non-hydrogen) atoms. The number of ether oxygens (including phenoxy) is 1. The molecule has 3 aromatic rings. The molecular formula is C22H25FN4O3. The number of aliphatic hydroxyl groups is 1. The Hall–Kier alpha value is -2.71. The Balaban J connectivity index is 1.19. The van der Waals surface area contributed by atoms with Crippen LogP contribution in [0.15, 0.2) is 40.9 Å². The molecule has 0 saturated carbocycles. The first-order valence-corrected chi connectivity index (χ1v) is 10.4. The predicted molar refractivity (Wildman–Crippen MR) is 110 cm³/mol. The zero-order valence-corrected chi connectivity index (χ0v) is 16.7. The number of aromatic nitrogens is 2. The molecule has 0 amide bonds. The SMILES string of the molecule is OCc1cccc(OC[C@@H]2CC[C@@H]3CN(c4noc5ccc(F)cc45)CCN3C2)n1. The van der Waals surface area contributed by atoms with Gasteiger partial charge in [-0.2, -0.15) is 0 Å². The quantitative estimate of drug-likeness (QED) is 0.691. The number of nitrogens with zero attached hydrogens (tertiary/aromatic N) is 4. The van der Waals surface area contributed by atoms with Crippen LogP contribution in [0, 0.1) is 11.7 Å². The average Bonchev–Trinajstić information content (AvgIpc) is 3.20. The highest BCUT2D eigenvalue weighted by molar-refractivity contribution is 5.88. The van der Waals surface area contributed by atoms with Crippen molar-refractivity contribution in [1.82, 2.24) is 15.0 Å². The van der Waals surface area contributed by atoms with Gasteiger partial charge in [-0.25, -0.2) is 9.37 Å². The highest BCUT2D eigenvalue weighted by Gasteiger charge is 2.34. The highest BCUT2D eigenvalue weighted by atomic mass is 19.1. The average molecular weight is 412 g/mol. The van der Waals surface area contributed by atoms with Crippen LogP contribution in [0.2, 0.25) is 0 Å². The second-order valence-corrected chi connectivity index (χ2v) is 8.12. The lowest BCUT2D eigenvalue weighted by molar-refractivity contribution is 0.0715. The summed E-state index contributed by atoms with van der Waals surface area (Å²) >= 11 is 0. The van der Waals surface area contributed by atoms with Crippen LogP contribution in [-0.2, 0) is 6.61 Å². The molecule has 8 heteroatoms. The number of hydrogen-bond acceptors (Lipinski definition) is 7. The fourth-order valence-corrected chi connectivity index (χ4v) is 4.54. The third kappa shape index (κ3) is 3.85. The van der Waals surface area contributed by atoms with Crippen molar-refractivity contribution in [3.63, 3.8) is 0 Å². The second kappa shape index (κ2) is 8.20. The van der Waals surface area contributed by atoms with Crippen LogP contribution in [0.1, 0.15) is 18.5 Å². The van der Waals surface area contributed by atoms with Crippen LogP contribution >= 0.6 is 0 Å². The van der Waals surface area contributed by atoms with Crippen molar-refractivity contribution in [3.05, 3.63) is 47.9 Å². The number of halogens is 1. The first-order valence-electron chi connectivity index (χ1n) is 10.4. The molecule has 1 aromatic carbocycles. The minimum Gasteiger partial charge on any atom is -0.477 e. The van der Waals surface area contributed by atoms with E-state index in [0.29, 0.717) is 35.7 Å². The number of aliphatic hydroxyl groups excluding tert-OH is 1. The van der Waals surface area contributed by atoms with Crippen molar-refractivity contribution in [2.75, 3.05) is 37.7 Å². The summed E-state index contributed by atoms with van der Waals surface area (Å²) in [5.41, 5.74) is 1.24. The summed E-state index contributed by atoms with van der Waals surface area (Å²) in [5, 5.41) is 14.2. The van der Waals surface area contributed by atoms with Crippen LogP contribution in [-0.4, -0.2) is 59.0 Å². The van der Waals surface area contributed by atoms with Gasteiger partial charge in [0.05, 0.1) is 24.3 Å². The molecule has 0 unspecified atom stereocenters. The van der Waals surface area contributed by atoms with Gasteiger partial charge in [-0.15, -0.1) is 0 Å². The summed E-state index contributed by atoms with van der Waals surface area (Å²) in [7, 11) is 0. The van der Waals surface area contributed by atoms with Crippen molar-refractivity contribution in [2.45, 2.75) is 25.5 Å². The lowest BCUT2D eigenvalue weighted by atomic mass is 9.91. The van der Waals surface area contributed by atoms with Crippen molar-refractivity contribution in [2.24, 2.45) is 5.92 Å². The fraction of sp³-hybridized carbons (Fsp3) is 0.455. The van der Waals surface area contributed by atoms with Crippen molar-refractivity contribution >= 4 is 16.8 Å². The Labute approximate surface area is 174 Å². The maximum absolute atomic E-state index is 13.7. The molecule has 2 aliphatic rings. The third-order valence-corrected chi connectivity index (χ3v) is 6.13. The maximum Gasteiger partial charge on any atom is 0.213 e. The Bertz CT molecular complexity index is 1030. The van der Waals surface area contributed by atoms with Crippen LogP contribution in [0.25, 0.3) is 11.0 Å². The Morgan fingerprint density at radius 1 is 1.17 bits per heavy atom. The number of rotatable bonds is 5. The Morgan fingerprint density at radius 2 is 2.10 bits per heavy atom. The van der Waals surface area contributed by atoms with Crippen LogP contribution in [0.3, 0.4) is 0 Å². The van der Waals surface area contributed by atoms with E-state index in [1.165, 1.54) is 12.1 Å². The van der Waals surface area contributed by atoms with E-state index in [1.54, 1.807) is 12.1 Å². The Kier molecular flexibility index (Phi) is 5.26. The number of benzene rings is 1. The van der Waals surface area contributed by atoms with E-state index in [2.05, 4.69) is 19.9 Å². The molecule has 5 rings (SSSR count). The molecule has 2 aliphatic heterocycles. The van der Waals surface area contributed by atoms with E-state index >= 15 is 0 Å². The molecule has 0 bridgehead atoms. The zero-order chi connectivity index (χ0) is 20.5. The van der Waals surface area contributed by atoms with E-state index in [-0.39, 0.29) is 12.4 Å². The number of pyridine rings is 1. The minimum absolute atomic E-state index is 0.0833. The molecule has 2 saturated heterocycles. The van der Waals surface area contributed by atoms with E-state index in [0.717, 1.165) is 50.2 Å². The Morgan fingerprint density at radius 3 is 3.00 bits per heavy atom. The van der Waals surface area contributed by atoms with E-state index < -0.39 is 0 Å². The standard InChI is InChI=1S/C22H25FN4O3/c23-16-5-7-20-19(10-16)22(25-30-20)27-9-8-26-11-15(4-6-18(26)12-27)14-29-21-3-1-2-17(13-28)24-21/h1-3,5,7,10,15,18,28H,4,6,8-9,11-14H2/t15-,18-/m1/s1. The predicted octanol–water partition coefficient (Wildman–Crippen LogP) is 2.83. The van der Waals surface area contributed by atoms with E-state index in [9.17, 15) is 9.50 Å². The summed E-state index contributed by atoms with van der Waals surface area (Å²) in [6.45, 7) is 4.17. The van der Waals surface area contributed by atoms with Gasteiger partial charge in [0.25, 0.3) is 0 Å². The largest absolute Gasteiger partial charge is 0.477 e. The summed E-state index contributed by atoms with van der Waals surface area (Å²) in [5.74, 6) is 1.49. The molecule has 2 fully saturated rings. The number of piperazine rings is 1. The van der Waals surface area contributed by atoms with Crippen molar-refractivity contribution < 1.29 is 18.8 Å². The van der Waals surface area contributed by atoms with Crippen LogP contribution in [0.5, 0.6) is 5.88 Å². The zero-order valence-electron chi connectivity index (χ0n) is 16.7. The molecular weight excluding hydrogens is 387 g/mol. The van der Waals surface area contributed by atoms with Gasteiger partial charge in [-0.3, -0.25) is 4.90 Å². The smallest absolute Gasteiger partial charge is 0.213 e. The molecule has 4 heterocycles. The molecule has 158 valence electrons. The normalized spacial score (nSPS) is 22.3. The molecule has 0 aliphatic carbocycles. The third-order valence-electron chi connectivity index (χ3n) is 6.13. The summed E-state index contributed by atoms with van der Waals surface area (Å²) in [4.78, 5) is 9.03. The summed E-state index contributed by atoms with van der Waals surface area (Å²) in [6, 6.07) is 10.4. The van der Waals surface area contributed by atoms with Crippen LogP contribution < -0.4 is 9.64 Å². The minimum atomic E-state index is -0.273. The number of fused-ring (bicyclic) bond motifs is 2. The molecule has 0 spiro atoms. The lowest BCUT2D eigenvalue weighted by Crippen LogP contribution is -2.57. The van der Waals surface area contributed by atoms with E-state index in [1.807, 2.05) is 12.1 Å². The monoisotopic (exact) mass is 412 g/mol. The second-order valence-electron chi connectivity index (χ2n) is 8.12. The van der Waals surface area contributed by atoms with E-state index in [4.69, 9.17) is 9.26 Å². The van der Waals surface area contributed by atoms with Gasteiger partial charge in [-0.1, -0.05) is 11.2 Å². The van der Waals surface area contributed by atoms with Gasteiger partial charge >= 0.3 is 0 Å². The van der Waals surface area contributed by atoms with Crippen molar-refractivity contribution in [3.8, 4) is 5.88 Å². The molecule has 0 radical (unpaired) electrons. The molecule has 2 atom stereocenters. The number of piperidine rings is 1. The first kappa shape index (κ1) is 19.3. The van der Waals surface area contributed by atoms with Crippen LogP contribution in [0.4, 0.5) is 10.2 Å². The summed E-state index contributed by atoms with van der Waals surface area (Å²) in [6.07, 6.45) is 2.17. The lowest BCUT2D eigenvalue weighted by Gasteiger charge is -2.46. The van der Waals surface area contributed by atoms with Gasteiger partial charge in [0.2, 0.25) is 5.88 Å². The van der Waals surface area contributed by atoms with Gasteiger partial charge in [0.1, 0.15) is 5.82 Å². The molecule has 1 N–H and O–H groups in total. The maximum atomic E-state index is 13.7. The number of hydrogen-bond donors (Lipinski definition) is 1. The van der Waals surface area contributed by atoms with Gasteiger partial charge < -0.3 is 19.3 Å². The van der Waals surface area contributed by atoms with Gasteiger partial charge in [0, 0.05) is 44.2 Å². The highest BCUT2D eigenvalue weighted by Crippen LogP contribution is 2.31. The topological polar surface area (TPSA) is 74.9 Å².